The van der Waals surface area contributed by atoms with Crippen LogP contribution in [0.25, 0.3) is 0 Å². The van der Waals surface area contributed by atoms with Crippen molar-refractivity contribution in [2.75, 3.05) is 24.3 Å². The number of thioether (sulfide) groups is 1. The fourth-order valence-electron chi connectivity index (χ4n) is 1.74. The van der Waals surface area contributed by atoms with E-state index in [0.29, 0.717) is 17.0 Å². The summed E-state index contributed by atoms with van der Waals surface area (Å²) >= 11 is 4.66. The third-order valence-corrected chi connectivity index (χ3v) is 5.69. The van der Waals surface area contributed by atoms with Crippen LogP contribution < -0.4 is 0 Å². The molecular weight excluding hydrogens is 342 g/mol. The molecule has 0 bridgehead atoms. The highest BCUT2D eigenvalue weighted by Gasteiger charge is 2.35. The molecular formula is C10H12BrNO4S2. The topological polar surface area (TPSA) is 67.6 Å². The van der Waals surface area contributed by atoms with Crippen LogP contribution in [-0.4, -0.2) is 48.9 Å². The van der Waals surface area contributed by atoms with E-state index in [9.17, 15) is 13.2 Å². The maximum atomic E-state index is 12.2. The molecule has 1 unspecified atom stereocenters. The molecule has 1 aromatic rings. The van der Waals surface area contributed by atoms with E-state index in [2.05, 4.69) is 15.9 Å². The Morgan fingerprint density at radius 3 is 2.83 bits per heavy atom. The molecule has 0 saturated carbocycles. The summed E-state index contributed by atoms with van der Waals surface area (Å²) in [4.78, 5) is 13.6. The third kappa shape index (κ3) is 2.92. The second kappa shape index (κ2) is 5.26. The van der Waals surface area contributed by atoms with E-state index in [-0.39, 0.29) is 11.7 Å². The number of hydrogen-bond acceptors (Lipinski definition) is 5. The maximum absolute atomic E-state index is 12.2. The SMILES string of the molecule is CS(=O)(=O)C1CSCCN1C(=O)c1ccc(Br)o1. The highest BCUT2D eigenvalue weighted by Crippen LogP contribution is 2.24. The summed E-state index contributed by atoms with van der Waals surface area (Å²) in [5, 5.41) is -0.771. The standard InChI is InChI=1S/C10H12BrNO4S2/c1-18(14,15)9-6-17-5-4-12(9)10(13)7-2-3-8(11)16-7/h2-3,9H,4-6H2,1H3. The number of sulfone groups is 1. The lowest BCUT2D eigenvalue weighted by Crippen LogP contribution is -2.49. The number of nitrogens with zero attached hydrogens (tertiary/aromatic N) is 1. The molecule has 1 atom stereocenters. The van der Waals surface area contributed by atoms with Gasteiger partial charge in [0.15, 0.2) is 20.3 Å². The molecule has 0 aliphatic carbocycles. The first kappa shape index (κ1) is 14.0. The van der Waals surface area contributed by atoms with E-state index < -0.39 is 15.2 Å². The molecule has 1 aliphatic heterocycles. The van der Waals surface area contributed by atoms with Crippen LogP contribution in [0.1, 0.15) is 10.6 Å². The molecule has 1 fully saturated rings. The molecule has 8 heteroatoms. The minimum atomic E-state index is -3.29. The van der Waals surface area contributed by atoms with Gasteiger partial charge in [-0.15, -0.1) is 0 Å². The fraction of sp³-hybridized carbons (Fsp3) is 0.500. The normalized spacial score (nSPS) is 21.0. The van der Waals surface area contributed by atoms with Crippen LogP contribution in [-0.2, 0) is 9.84 Å². The predicted molar refractivity (Wildman–Crippen MR) is 73.4 cm³/mol. The number of halogens is 1. The average Bonchev–Trinajstić information content (AvgIpc) is 2.74. The van der Waals surface area contributed by atoms with Gasteiger partial charge in [-0.2, -0.15) is 11.8 Å². The van der Waals surface area contributed by atoms with Crippen molar-refractivity contribution in [2.24, 2.45) is 0 Å². The van der Waals surface area contributed by atoms with Gasteiger partial charge in [0.25, 0.3) is 5.91 Å². The van der Waals surface area contributed by atoms with Gasteiger partial charge in [-0.05, 0) is 28.1 Å². The van der Waals surface area contributed by atoms with Crippen molar-refractivity contribution in [3.63, 3.8) is 0 Å². The highest BCUT2D eigenvalue weighted by atomic mass is 79.9. The van der Waals surface area contributed by atoms with Gasteiger partial charge in [-0.3, -0.25) is 4.79 Å². The summed E-state index contributed by atoms with van der Waals surface area (Å²) in [5.74, 6) is 0.922. The third-order valence-electron chi connectivity index (χ3n) is 2.62. The van der Waals surface area contributed by atoms with E-state index >= 15 is 0 Å². The minimum Gasteiger partial charge on any atom is -0.444 e. The molecule has 1 amide bonds. The van der Waals surface area contributed by atoms with E-state index in [4.69, 9.17) is 4.42 Å². The summed E-state index contributed by atoms with van der Waals surface area (Å²) < 4.78 is 29.0. The molecule has 0 radical (unpaired) electrons. The van der Waals surface area contributed by atoms with Crippen molar-refractivity contribution in [3.05, 3.63) is 22.6 Å². The van der Waals surface area contributed by atoms with E-state index in [1.54, 1.807) is 6.07 Å². The number of rotatable bonds is 2. The molecule has 0 N–H and O–H groups in total. The molecule has 18 heavy (non-hydrogen) atoms. The summed E-state index contributed by atoms with van der Waals surface area (Å²) in [7, 11) is -3.29. The van der Waals surface area contributed by atoms with E-state index in [1.165, 1.54) is 22.7 Å². The number of carbonyl (C=O) groups is 1. The number of hydrogen-bond donors (Lipinski definition) is 0. The quantitative estimate of drug-likeness (QED) is 0.807. The van der Waals surface area contributed by atoms with Crippen LogP contribution >= 0.6 is 27.7 Å². The monoisotopic (exact) mass is 353 g/mol. The molecule has 1 aromatic heterocycles. The number of furan rings is 1. The molecule has 2 heterocycles. The molecule has 100 valence electrons. The Balaban J connectivity index is 2.27. The summed E-state index contributed by atoms with van der Waals surface area (Å²) in [6.45, 7) is 0.416. The zero-order chi connectivity index (χ0) is 13.3. The van der Waals surface area contributed by atoms with Crippen molar-refractivity contribution in [1.82, 2.24) is 4.90 Å². The Bertz CT molecular complexity index is 554. The minimum absolute atomic E-state index is 0.155. The van der Waals surface area contributed by atoms with Crippen molar-refractivity contribution in [3.8, 4) is 0 Å². The first-order chi connectivity index (χ1) is 8.39. The maximum Gasteiger partial charge on any atom is 0.290 e. The van der Waals surface area contributed by atoms with Gasteiger partial charge in [0.05, 0.1) is 0 Å². The second-order valence-corrected chi connectivity index (χ2v) is 8.10. The van der Waals surface area contributed by atoms with Gasteiger partial charge in [-0.1, -0.05) is 0 Å². The summed E-state index contributed by atoms with van der Waals surface area (Å²) in [5.41, 5.74) is 0. The predicted octanol–water partition coefficient (Wildman–Crippen LogP) is 1.60. The van der Waals surface area contributed by atoms with Gasteiger partial charge in [0, 0.05) is 24.3 Å². The molecule has 5 nitrogen and oxygen atoms in total. The fourth-order valence-corrected chi connectivity index (χ4v) is 4.86. The molecule has 0 aromatic carbocycles. The molecule has 1 aliphatic rings. The van der Waals surface area contributed by atoms with E-state index in [0.717, 1.165) is 12.0 Å². The Labute approximate surface area is 118 Å². The van der Waals surface area contributed by atoms with Gasteiger partial charge in [0.1, 0.15) is 5.37 Å². The Morgan fingerprint density at radius 1 is 1.56 bits per heavy atom. The number of carbonyl (C=O) groups excluding carboxylic acids is 1. The Hall–Kier alpha value is -0.470. The van der Waals surface area contributed by atoms with Crippen LogP contribution in [0.15, 0.2) is 21.2 Å². The van der Waals surface area contributed by atoms with Crippen LogP contribution in [0.3, 0.4) is 0 Å². The van der Waals surface area contributed by atoms with Gasteiger partial charge >= 0.3 is 0 Å². The zero-order valence-corrected chi connectivity index (χ0v) is 12.8. The van der Waals surface area contributed by atoms with Crippen LogP contribution in [0.4, 0.5) is 0 Å². The van der Waals surface area contributed by atoms with E-state index in [1.807, 2.05) is 0 Å². The van der Waals surface area contributed by atoms with Crippen molar-refractivity contribution >= 4 is 43.4 Å². The Morgan fingerprint density at radius 2 is 2.28 bits per heavy atom. The van der Waals surface area contributed by atoms with Gasteiger partial charge in [0.2, 0.25) is 0 Å². The smallest absolute Gasteiger partial charge is 0.290 e. The lowest BCUT2D eigenvalue weighted by Gasteiger charge is -2.33. The Kier molecular flexibility index (Phi) is 4.08. The largest absolute Gasteiger partial charge is 0.444 e. The van der Waals surface area contributed by atoms with Crippen molar-refractivity contribution < 1.29 is 17.6 Å². The lowest BCUT2D eigenvalue weighted by atomic mass is 10.3. The summed E-state index contributed by atoms with van der Waals surface area (Å²) in [6.07, 6.45) is 1.15. The first-order valence-electron chi connectivity index (χ1n) is 5.22. The molecule has 1 saturated heterocycles. The van der Waals surface area contributed by atoms with Crippen molar-refractivity contribution in [2.45, 2.75) is 5.37 Å². The summed E-state index contributed by atoms with van der Waals surface area (Å²) in [6, 6.07) is 3.15. The van der Waals surface area contributed by atoms with Crippen LogP contribution in [0.2, 0.25) is 0 Å². The van der Waals surface area contributed by atoms with Gasteiger partial charge in [-0.25, -0.2) is 8.42 Å². The first-order valence-corrected chi connectivity index (χ1v) is 9.13. The average molecular weight is 354 g/mol. The second-order valence-electron chi connectivity index (χ2n) is 3.96. The van der Waals surface area contributed by atoms with Crippen LogP contribution in [0, 0.1) is 0 Å². The van der Waals surface area contributed by atoms with Crippen LogP contribution in [0.5, 0.6) is 0 Å². The van der Waals surface area contributed by atoms with Crippen molar-refractivity contribution in [1.29, 1.82) is 0 Å². The molecule has 2 rings (SSSR count). The zero-order valence-electron chi connectivity index (χ0n) is 9.63. The number of amides is 1. The molecule has 0 spiro atoms. The highest BCUT2D eigenvalue weighted by molar-refractivity contribution is 9.10. The van der Waals surface area contributed by atoms with Gasteiger partial charge < -0.3 is 9.32 Å². The lowest BCUT2D eigenvalue weighted by molar-refractivity contribution is 0.0716.